The molecule has 0 bridgehead atoms. The van der Waals surface area contributed by atoms with E-state index in [1.54, 1.807) is 12.1 Å². The van der Waals surface area contributed by atoms with Gasteiger partial charge in [0.2, 0.25) is 17.7 Å². The van der Waals surface area contributed by atoms with Crippen LogP contribution < -0.4 is 10.6 Å². The molecule has 2 heterocycles. The molecule has 1 fully saturated rings. The second-order valence-corrected chi connectivity index (χ2v) is 6.39. The summed E-state index contributed by atoms with van der Waals surface area (Å²) in [5.41, 5.74) is 1.54. The van der Waals surface area contributed by atoms with E-state index < -0.39 is 11.9 Å². The first-order chi connectivity index (χ1) is 10.9. The lowest BCUT2D eigenvalue weighted by Crippen LogP contribution is -2.52. The summed E-state index contributed by atoms with van der Waals surface area (Å²) in [6, 6.07) is 2.87. The summed E-state index contributed by atoms with van der Waals surface area (Å²) in [5.74, 6) is -1.38. The van der Waals surface area contributed by atoms with Crippen LogP contribution in [-0.4, -0.2) is 34.6 Å². The van der Waals surface area contributed by atoms with Crippen LogP contribution in [0.2, 0.25) is 0 Å². The Hall–Kier alpha value is -2.22. The number of piperidine rings is 1. The van der Waals surface area contributed by atoms with Gasteiger partial charge in [-0.25, -0.2) is 0 Å². The first-order valence-electron chi connectivity index (χ1n) is 7.12. The molecule has 23 heavy (non-hydrogen) atoms. The van der Waals surface area contributed by atoms with E-state index in [9.17, 15) is 19.2 Å². The molecule has 0 radical (unpaired) electrons. The fourth-order valence-corrected chi connectivity index (χ4v) is 3.35. The predicted molar refractivity (Wildman–Crippen MR) is 84.5 cm³/mol. The van der Waals surface area contributed by atoms with Crippen molar-refractivity contribution in [3.05, 3.63) is 27.7 Å². The van der Waals surface area contributed by atoms with Gasteiger partial charge in [0.05, 0.1) is 11.3 Å². The Balaban J connectivity index is 1.95. The number of benzene rings is 1. The summed E-state index contributed by atoms with van der Waals surface area (Å²) < 4.78 is 0.602. The SMILES string of the molecule is CC(=O)Nc1c(Br)ccc2c1C(=O)N(C1CCC(=O)NC1=O)C2. The predicted octanol–water partition coefficient (Wildman–Crippen LogP) is 1.17. The minimum absolute atomic E-state index is 0.207. The van der Waals surface area contributed by atoms with E-state index in [0.29, 0.717) is 22.1 Å². The molecular formula is C15H14BrN3O4. The highest BCUT2D eigenvalue weighted by molar-refractivity contribution is 9.10. The van der Waals surface area contributed by atoms with Crippen molar-refractivity contribution in [3.63, 3.8) is 0 Å². The molecule has 0 saturated carbocycles. The van der Waals surface area contributed by atoms with Crippen LogP contribution in [0, 0.1) is 0 Å². The van der Waals surface area contributed by atoms with Gasteiger partial charge in [0.15, 0.2) is 0 Å². The van der Waals surface area contributed by atoms with Gasteiger partial charge < -0.3 is 10.2 Å². The Morgan fingerprint density at radius 3 is 2.74 bits per heavy atom. The van der Waals surface area contributed by atoms with E-state index in [-0.39, 0.29) is 30.7 Å². The normalized spacial score (nSPS) is 20.3. The van der Waals surface area contributed by atoms with Crippen LogP contribution in [0.4, 0.5) is 5.69 Å². The summed E-state index contributed by atoms with van der Waals surface area (Å²) in [7, 11) is 0. The number of halogens is 1. The summed E-state index contributed by atoms with van der Waals surface area (Å²) in [6.07, 6.45) is 0.514. The van der Waals surface area contributed by atoms with Gasteiger partial charge in [-0.1, -0.05) is 6.07 Å². The molecule has 3 rings (SSSR count). The van der Waals surface area contributed by atoms with E-state index in [2.05, 4.69) is 26.6 Å². The topological polar surface area (TPSA) is 95.6 Å². The van der Waals surface area contributed by atoms with Gasteiger partial charge in [0.25, 0.3) is 5.91 Å². The lowest BCUT2D eigenvalue weighted by molar-refractivity contribution is -0.137. The number of carbonyl (C=O) groups excluding carboxylic acids is 4. The van der Waals surface area contributed by atoms with Gasteiger partial charge in [-0.05, 0) is 34.0 Å². The van der Waals surface area contributed by atoms with Gasteiger partial charge in [0, 0.05) is 24.4 Å². The zero-order chi connectivity index (χ0) is 16.7. The van der Waals surface area contributed by atoms with Gasteiger partial charge in [-0.15, -0.1) is 0 Å². The third-order valence-corrected chi connectivity index (χ3v) is 4.60. The Morgan fingerprint density at radius 2 is 2.09 bits per heavy atom. The maximum absolute atomic E-state index is 12.8. The van der Waals surface area contributed by atoms with Crippen molar-refractivity contribution in [2.75, 3.05) is 5.32 Å². The van der Waals surface area contributed by atoms with Gasteiger partial charge in [-0.3, -0.25) is 24.5 Å². The number of nitrogens with zero attached hydrogens (tertiary/aromatic N) is 1. The quantitative estimate of drug-likeness (QED) is 0.753. The molecule has 1 aromatic carbocycles. The second-order valence-electron chi connectivity index (χ2n) is 5.54. The Labute approximate surface area is 140 Å². The average molecular weight is 380 g/mol. The van der Waals surface area contributed by atoms with E-state index in [4.69, 9.17) is 0 Å². The second kappa shape index (κ2) is 5.77. The van der Waals surface area contributed by atoms with Crippen molar-refractivity contribution >= 4 is 45.2 Å². The molecule has 0 aromatic heterocycles. The summed E-state index contributed by atoms with van der Waals surface area (Å²) in [5, 5.41) is 4.92. The number of hydrogen-bond donors (Lipinski definition) is 2. The average Bonchev–Trinajstić information content (AvgIpc) is 2.79. The maximum Gasteiger partial charge on any atom is 0.257 e. The summed E-state index contributed by atoms with van der Waals surface area (Å²) >= 11 is 3.33. The fourth-order valence-electron chi connectivity index (χ4n) is 2.92. The van der Waals surface area contributed by atoms with Gasteiger partial charge >= 0.3 is 0 Å². The van der Waals surface area contributed by atoms with Crippen molar-refractivity contribution in [2.24, 2.45) is 0 Å². The van der Waals surface area contributed by atoms with Crippen molar-refractivity contribution in [1.29, 1.82) is 0 Å². The van der Waals surface area contributed by atoms with Crippen LogP contribution in [0.3, 0.4) is 0 Å². The molecule has 4 amide bonds. The van der Waals surface area contributed by atoms with Gasteiger partial charge in [-0.2, -0.15) is 0 Å². The molecule has 7 nitrogen and oxygen atoms in total. The standard InChI is InChI=1S/C15H14BrN3O4/c1-7(20)17-13-9(16)3-2-8-6-19(15(23)12(8)13)10-4-5-11(21)18-14(10)22/h2-3,10H,4-6H2,1H3,(H,17,20)(H,18,21,22). The number of hydrogen-bond acceptors (Lipinski definition) is 4. The number of amides is 4. The van der Waals surface area contributed by atoms with Crippen LogP contribution in [0.1, 0.15) is 35.7 Å². The summed E-state index contributed by atoms with van der Waals surface area (Å²) in [4.78, 5) is 48.9. The highest BCUT2D eigenvalue weighted by Gasteiger charge is 2.40. The van der Waals surface area contributed by atoms with Crippen molar-refractivity contribution in [3.8, 4) is 0 Å². The monoisotopic (exact) mass is 379 g/mol. The third-order valence-electron chi connectivity index (χ3n) is 3.94. The van der Waals surface area contributed by atoms with Crippen molar-refractivity contribution in [2.45, 2.75) is 32.4 Å². The number of fused-ring (bicyclic) bond motifs is 1. The molecule has 0 spiro atoms. The van der Waals surface area contributed by atoms with Crippen molar-refractivity contribution in [1.82, 2.24) is 10.2 Å². The largest absolute Gasteiger partial charge is 0.325 e. The lowest BCUT2D eigenvalue weighted by atomic mass is 10.0. The fraction of sp³-hybridized carbons (Fsp3) is 0.333. The molecule has 8 heteroatoms. The van der Waals surface area contributed by atoms with E-state index >= 15 is 0 Å². The van der Waals surface area contributed by atoms with Crippen LogP contribution in [0.15, 0.2) is 16.6 Å². The molecule has 1 saturated heterocycles. The molecule has 1 unspecified atom stereocenters. The van der Waals surface area contributed by atoms with E-state index in [0.717, 1.165) is 5.56 Å². The zero-order valence-electron chi connectivity index (χ0n) is 12.3. The van der Waals surface area contributed by atoms with E-state index in [1.807, 2.05) is 0 Å². The molecule has 2 aliphatic heterocycles. The highest BCUT2D eigenvalue weighted by Crippen LogP contribution is 2.36. The molecule has 0 aliphatic carbocycles. The minimum Gasteiger partial charge on any atom is -0.325 e. The molecule has 1 aromatic rings. The Morgan fingerprint density at radius 1 is 1.35 bits per heavy atom. The number of anilines is 1. The Kier molecular flexibility index (Phi) is 3.93. The highest BCUT2D eigenvalue weighted by atomic mass is 79.9. The minimum atomic E-state index is -0.670. The number of imide groups is 1. The first-order valence-corrected chi connectivity index (χ1v) is 7.91. The van der Waals surface area contributed by atoms with Crippen LogP contribution >= 0.6 is 15.9 Å². The third kappa shape index (κ3) is 2.74. The van der Waals surface area contributed by atoms with Crippen molar-refractivity contribution < 1.29 is 19.2 Å². The zero-order valence-corrected chi connectivity index (χ0v) is 13.9. The van der Waals surface area contributed by atoms with Crippen LogP contribution in [-0.2, 0) is 20.9 Å². The number of rotatable bonds is 2. The molecule has 2 aliphatic rings. The van der Waals surface area contributed by atoms with E-state index in [1.165, 1.54) is 11.8 Å². The molecule has 1 atom stereocenters. The van der Waals surface area contributed by atoms with Crippen LogP contribution in [0.25, 0.3) is 0 Å². The van der Waals surface area contributed by atoms with Crippen LogP contribution in [0.5, 0.6) is 0 Å². The first kappa shape index (κ1) is 15.7. The molecule has 120 valence electrons. The molecular weight excluding hydrogens is 366 g/mol. The van der Waals surface area contributed by atoms with Gasteiger partial charge in [0.1, 0.15) is 6.04 Å². The smallest absolute Gasteiger partial charge is 0.257 e. The maximum atomic E-state index is 12.8. The lowest BCUT2D eigenvalue weighted by Gasteiger charge is -2.29. The Bertz CT molecular complexity index is 746. The number of nitrogens with one attached hydrogen (secondary N) is 2. The molecule has 2 N–H and O–H groups in total. The summed E-state index contributed by atoms with van der Waals surface area (Å²) in [6.45, 7) is 1.64. The number of carbonyl (C=O) groups is 4.